The number of benzene rings is 4. The minimum Gasteiger partial charge on any atom is -0.497 e. The minimum atomic E-state index is -2.02. The molecule has 2 aliphatic heterocycles. The van der Waals surface area contributed by atoms with Crippen molar-refractivity contribution in [2.24, 2.45) is 0 Å². The maximum Gasteiger partial charge on any atom is 0.353 e. The van der Waals surface area contributed by atoms with Crippen LogP contribution >= 0.6 is 8.53 Å². The monoisotopic (exact) mass is 851 g/mol. The molecule has 3 N–H and O–H groups in total. The number of aliphatic hydroxyl groups is 2. The van der Waals surface area contributed by atoms with Gasteiger partial charge in [-0.15, -0.1) is 5.06 Å². The highest BCUT2D eigenvalue weighted by molar-refractivity contribution is 7.44. The molecule has 0 radical (unpaired) electrons. The maximum absolute atomic E-state index is 14.8. The molecular weight excluding hydrogens is 798 g/mol. The molecule has 14 nitrogen and oxygen atoms in total. The molecule has 15 heteroatoms. The van der Waals surface area contributed by atoms with Gasteiger partial charge in [-0.1, -0.05) is 72.8 Å². The second-order valence-electron chi connectivity index (χ2n) is 15.2. The zero-order valence-electron chi connectivity index (χ0n) is 35.3. The van der Waals surface area contributed by atoms with Crippen LogP contribution < -0.4 is 14.8 Å². The quantitative estimate of drug-likeness (QED) is 0.0532. The van der Waals surface area contributed by atoms with Gasteiger partial charge in [0.05, 0.1) is 50.9 Å². The summed E-state index contributed by atoms with van der Waals surface area (Å²) in [5.41, 5.74) is 1.35. The lowest BCUT2D eigenvalue weighted by Gasteiger charge is -2.43. The summed E-state index contributed by atoms with van der Waals surface area (Å²) < 4.78 is 32.2. The molecule has 0 saturated carbocycles. The lowest BCUT2D eigenvalue weighted by atomic mass is 9.64. The topological polar surface area (TPSA) is 166 Å². The molecule has 61 heavy (non-hydrogen) atoms. The van der Waals surface area contributed by atoms with Gasteiger partial charge in [-0.25, -0.2) is 9.46 Å². The number of aliphatic hydroxyl groups excluding tert-OH is 2. The Labute approximate surface area is 358 Å². The number of hydrogen-bond acceptors (Lipinski definition) is 11. The van der Waals surface area contributed by atoms with Crippen molar-refractivity contribution >= 4 is 20.5 Å². The van der Waals surface area contributed by atoms with E-state index in [0.717, 1.165) is 21.8 Å². The average Bonchev–Trinajstić information content (AvgIpc) is 3.66. The predicted octanol–water partition coefficient (Wildman–Crippen LogP) is 7.09. The van der Waals surface area contributed by atoms with Crippen LogP contribution in [0.25, 0.3) is 0 Å². The SMILES string of the molecule is COc1ccc(C(c2ccccc2)(c2ccc(OC)cc2)C(O)[C@@H]2C[C@@H](O)[C@H](N3CC=C(NC(=O)c4ccccc4)N(OP(OCCC#N)N(C(C)C)C(C)C)C3=O)O2)cc1. The molecule has 3 amide bonds. The Morgan fingerprint density at radius 3 is 1.97 bits per heavy atom. The first kappa shape index (κ1) is 45.2. The van der Waals surface area contributed by atoms with Crippen LogP contribution in [0.4, 0.5) is 4.79 Å². The number of hydrogen-bond donors (Lipinski definition) is 3. The fourth-order valence-corrected chi connectivity index (χ4v) is 9.51. The van der Waals surface area contributed by atoms with Crippen molar-refractivity contribution in [2.45, 2.75) is 82.6 Å². The van der Waals surface area contributed by atoms with Crippen molar-refractivity contribution in [1.82, 2.24) is 20.0 Å². The first-order chi connectivity index (χ1) is 29.4. The van der Waals surface area contributed by atoms with E-state index in [0.29, 0.717) is 17.1 Å². The van der Waals surface area contributed by atoms with Gasteiger partial charge in [-0.05, 0) is 86.9 Å². The number of rotatable bonds is 18. The number of ether oxygens (including phenoxy) is 3. The third-order valence-corrected chi connectivity index (χ3v) is 12.8. The summed E-state index contributed by atoms with van der Waals surface area (Å²) in [5.74, 6) is 0.837. The van der Waals surface area contributed by atoms with Crippen LogP contribution in [0.1, 0.15) is 67.6 Å². The Balaban J connectivity index is 1.38. The van der Waals surface area contributed by atoms with Gasteiger partial charge >= 0.3 is 6.03 Å². The predicted molar refractivity (Wildman–Crippen MR) is 230 cm³/mol. The standard InChI is InChI=1S/C46H54N5O9P/c1-31(2)51(32(3)4)61(58-29-13-27-47)60-50-41(48-43(54)33-14-9-7-10-15-33)26-28-49(45(50)55)44-39(52)30-40(59-44)42(53)46(34-16-11-8-12-17-34,35-18-22-37(56-5)23-19-35)36-20-24-38(57-6)25-21-36/h7-12,14-26,31-32,39-40,42,44,52-53H,13,28-30H2,1-6H3,(H,48,54)/t39-,40+,42?,44-,61?/m1/s1. The second kappa shape index (κ2) is 20.5. The van der Waals surface area contributed by atoms with Gasteiger partial charge in [0.15, 0.2) is 6.23 Å². The van der Waals surface area contributed by atoms with Crippen LogP contribution in [0.5, 0.6) is 11.5 Å². The Morgan fingerprint density at radius 1 is 0.902 bits per heavy atom. The van der Waals surface area contributed by atoms with Gasteiger partial charge in [-0.3, -0.25) is 9.69 Å². The molecule has 1 fully saturated rings. The van der Waals surface area contributed by atoms with Crippen LogP contribution in [0.15, 0.2) is 121 Å². The third kappa shape index (κ3) is 9.75. The van der Waals surface area contributed by atoms with Crippen LogP contribution in [-0.4, -0.2) is 101 Å². The summed E-state index contributed by atoms with van der Waals surface area (Å²) >= 11 is 0. The number of amides is 3. The molecular formula is C46H54N5O9P. The van der Waals surface area contributed by atoms with Gasteiger partial charge < -0.3 is 34.3 Å². The van der Waals surface area contributed by atoms with E-state index in [2.05, 4.69) is 11.4 Å². The fourth-order valence-electron chi connectivity index (χ4n) is 7.95. The molecule has 0 bridgehead atoms. The molecule has 4 aromatic carbocycles. The Bertz CT molecular complexity index is 2080. The summed E-state index contributed by atoms with van der Waals surface area (Å²) in [6.45, 7) is 7.81. The lowest BCUT2D eigenvalue weighted by Crippen LogP contribution is -2.56. The molecule has 2 aliphatic rings. The van der Waals surface area contributed by atoms with Crippen molar-refractivity contribution in [2.75, 3.05) is 27.4 Å². The molecule has 6 rings (SSSR count). The van der Waals surface area contributed by atoms with E-state index >= 15 is 0 Å². The molecule has 4 aromatic rings. The van der Waals surface area contributed by atoms with Gasteiger partial charge in [0.25, 0.3) is 14.4 Å². The molecule has 5 atom stereocenters. The average molecular weight is 852 g/mol. The number of nitrogens with zero attached hydrogens (tertiary/aromatic N) is 4. The summed E-state index contributed by atoms with van der Waals surface area (Å²) in [6.07, 6.45) is -3.14. The number of carbonyl (C=O) groups excluding carboxylic acids is 2. The highest BCUT2D eigenvalue weighted by atomic mass is 31.2. The molecule has 0 aliphatic carbocycles. The van der Waals surface area contributed by atoms with E-state index in [-0.39, 0.29) is 43.9 Å². The van der Waals surface area contributed by atoms with E-state index in [1.165, 1.54) is 4.90 Å². The van der Waals surface area contributed by atoms with Crippen LogP contribution in [0, 0.1) is 11.3 Å². The highest BCUT2D eigenvalue weighted by Crippen LogP contribution is 2.49. The molecule has 0 aromatic heterocycles. The van der Waals surface area contributed by atoms with Gasteiger partial charge in [0.1, 0.15) is 23.4 Å². The zero-order valence-corrected chi connectivity index (χ0v) is 36.1. The minimum absolute atomic E-state index is 0.0306. The molecule has 0 spiro atoms. The van der Waals surface area contributed by atoms with E-state index in [1.807, 2.05) is 111 Å². The first-order valence-electron chi connectivity index (χ1n) is 20.2. The maximum atomic E-state index is 14.8. The fraction of sp³-hybridized carbons (Fsp3) is 0.370. The van der Waals surface area contributed by atoms with Crippen LogP contribution in [-0.2, 0) is 19.3 Å². The summed E-state index contributed by atoms with van der Waals surface area (Å²) in [4.78, 5) is 29.6. The van der Waals surface area contributed by atoms with Crippen molar-refractivity contribution in [1.29, 1.82) is 5.26 Å². The zero-order chi connectivity index (χ0) is 43.7. The molecule has 1 saturated heterocycles. The van der Waals surface area contributed by atoms with Crippen molar-refractivity contribution in [3.05, 3.63) is 143 Å². The second-order valence-corrected chi connectivity index (χ2v) is 16.6. The van der Waals surface area contributed by atoms with Crippen molar-refractivity contribution in [3.63, 3.8) is 0 Å². The van der Waals surface area contributed by atoms with Crippen LogP contribution in [0.2, 0.25) is 0 Å². The summed E-state index contributed by atoms with van der Waals surface area (Å²) in [7, 11) is 1.15. The first-order valence-corrected chi connectivity index (χ1v) is 21.4. The largest absolute Gasteiger partial charge is 0.497 e. The Hall–Kier alpha value is -5.36. The van der Waals surface area contributed by atoms with E-state index in [1.54, 1.807) is 50.6 Å². The van der Waals surface area contributed by atoms with E-state index in [4.69, 9.17) is 23.4 Å². The normalized spacial score (nSPS) is 19.1. The number of nitrogens with one attached hydrogen (secondary N) is 1. The number of nitriles is 1. The van der Waals surface area contributed by atoms with Gasteiger partial charge in [0, 0.05) is 30.6 Å². The van der Waals surface area contributed by atoms with Crippen molar-refractivity contribution in [3.8, 4) is 17.6 Å². The lowest BCUT2D eigenvalue weighted by molar-refractivity contribution is -0.119. The van der Waals surface area contributed by atoms with E-state index < -0.39 is 50.4 Å². The number of methoxy groups -OCH3 is 2. The molecule has 2 heterocycles. The van der Waals surface area contributed by atoms with E-state index in [9.17, 15) is 25.1 Å². The smallest absolute Gasteiger partial charge is 0.353 e. The summed E-state index contributed by atoms with van der Waals surface area (Å²) in [5, 5.41) is 37.8. The van der Waals surface area contributed by atoms with Gasteiger partial charge in [0.2, 0.25) is 0 Å². The third-order valence-electron chi connectivity index (χ3n) is 10.8. The summed E-state index contributed by atoms with van der Waals surface area (Å²) in [6, 6.07) is 34.2. The number of urea groups is 1. The van der Waals surface area contributed by atoms with Crippen LogP contribution in [0.3, 0.4) is 0 Å². The number of carbonyl (C=O) groups is 2. The van der Waals surface area contributed by atoms with Gasteiger partial charge in [-0.2, -0.15) is 9.89 Å². The molecule has 2 unspecified atom stereocenters. The Kier molecular flexibility index (Phi) is 15.2. The molecule has 322 valence electrons. The highest BCUT2D eigenvalue weighted by Gasteiger charge is 2.53. The van der Waals surface area contributed by atoms with Crippen molar-refractivity contribution < 1.29 is 43.2 Å². The number of hydroxylamine groups is 2. The Morgan fingerprint density at radius 2 is 1.44 bits per heavy atom.